The summed E-state index contributed by atoms with van der Waals surface area (Å²) in [7, 11) is -3.09. The summed E-state index contributed by atoms with van der Waals surface area (Å²) in [5.41, 5.74) is 0. The number of aliphatic hydroxyl groups excluding tert-OH is 2. The second kappa shape index (κ2) is 4.84. The van der Waals surface area contributed by atoms with Crippen LogP contribution >= 0.6 is 0 Å². The van der Waals surface area contributed by atoms with Crippen molar-refractivity contribution in [1.29, 1.82) is 0 Å². The van der Waals surface area contributed by atoms with Crippen molar-refractivity contribution in [2.75, 3.05) is 18.1 Å². The van der Waals surface area contributed by atoms with Crippen LogP contribution in [-0.4, -0.2) is 65.9 Å². The van der Waals surface area contributed by atoms with Gasteiger partial charge in [-0.3, -0.25) is 4.90 Å². The Bertz CT molecular complexity index is 368. The molecule has 0 amide bonds. The molecule has 0 aromatic carbocycles. The van der Waals surface area contributed by atoms with Crippen LogP contribution in [0.5, 0.6) is 0 Å². The Hall–Kier alpha value is -0.170. The van der Waals surface area contributed by atoms with Gasteiger partial charge in [-0.2, -0.15) is 0 Å². The third kappa shape index (κ3) is 2.99. The van der Waals surface area contributed by atoms with E-state index in [0.29, 0.717) is 6.42 Å². The van der Waals surface area contributed by atoms with Gasteiger partial charge in [0.05, 0.1) is 29.8 Å². The highest BCUT2D eigenvalue weighted by molar-refractivity contribution is 7.91. The highest BCUT2D eigenvalue weighted by Gasteiger charge is 2.43. The highest BCUT2D eigenvalue weighted by Crippen LogP contribution is 2.29. The lowest BCUT2D eigenvalue weighted by Gasteiger charge is -2.32. The van der Waals surface area contributed by atoms with Crippen LogP contribution in [0.2, 0.25) is 0 Å². The zero-order chi connectivity index (χ0) is 12.6. The average Bonchev–Trinajstić information content (AvgIpc) is 2.69. The van der Waals surface area contributed by atoms with Gasteiger partial charge in [0.1, 0.15) is 0 Å². The molecule has 2 N–H and O–H groups in total. The van der Waals surface area contributed by atoms with Crippen LogP contribution in [0.3, 0.4) is 0 Å². The molecule has 0 bridgehead atoms. The van der Waals surface area contributed by atoms with Crippen LogP contribution in [0, 0.1) is 0 Å². The SMILES string of the molecule is CC(O)CC1CCCN1C1CS(=O)(=O)CC1O. The molecule has 2 aliphatic rings. The fourth-order valence-electron chi connectivity index (χ4n) is 3.07. The summed E-state index contributed by atoms with van der Waals surface area (Å²) in [6, 6.07) is -0.0609. The van der Waals surface area contributed by atoms with Gasteiger partial charge in [-0.15, -0.1) is 0 Å². The molecule has 4 atom stereocenters. The van der Waals surface area contributed by atoms with E-state index in [9.17, 15) is 18.6 Å². The quantitative estimate of drug-likeness (QED) is 0.709. The van der Waals surface area contributed by atoms with Crippen molar-refractivity contribution >= 4 is 9.84 Å². The molecular formula is C11H21NO4S. The Morgan fingerprint density at radius 3 is 2.65 bits per heavy atom. The molecule has 5 nitrogen and oxygen atoms in total. The molecule has 0 radical (unpaired) electrons. The summed E-state index contributed by atoms with van der Waals surface area (Å²) in [6.45, 7) is 2.58. The topological polar surface area (TPSA) is 77.8 Å². The molecular weight excluding hydrogens is 242 g/mol. The van der Waals surface area contributed by atoms with Gasteiger partial charge in [0, 0.05) is 6.04 Å². The van der Waals surface area contributed by atoms with Crippen LogP contribution in [0.4, 0.5) is 0 Å². The van der Waals surface area contributed by atoms with Crippen molar-refractivity contribution in [2.45, 2.75) is 50.5 Å². The summed E-state index contributed by atoms with van der Waals surface area (Å²) < 4.78 is 23.0. The minimum absolute atomic E-state index is 0.0600. The molecule has 2 heterocycles. The predicted octanol–water partition coefficient (Wildman–Crippen LogP) is -0.620. The Morgan fingerprint density at radius 2 is 2.12 bits per heavy atom. The minimum atomic E-state index is -3.09. The van der Waals surface area contributed by atoms with Crippen molar-refractivity contribution in [3.63, 3.8) is 0 Å². The smallest absolute Gasteiger partial charge is 0.154 e. The van der Waals surface area contributed by atoms with Crippen molar-refractivity contribution in [1.82, 2.24) is 4.90 Å². The molecule has 0 spiro atoms. The standard InChI is InChI=1S/C11H21NO4S/c1-8(13)5-9-3-2-4-12(9)10-6-17(15,16)7-11(10)14/h8-11,13-14H,2-7H2,1H3. The molecule has 0 aromatic heterocycles. The van der Waals surface area contributed by atoms with E-state index in [1.807, 2.05) is 0 Å². The summed E-state index contributed by atoms with van der Waals surface area (Å²) in [4.78, 5) is 2.09. The maximum Gasteiger partial charge on any atom is 0.154 e. The molecule has 6 heteroatoms. The van der Waals surface area contributed by atoms with Crippen molar-refractivity contribution in [2.24, 2.45) is 0 Å². The number of nitrogens with zero attached hydrogens (tertiary/aromatic N) is 1. The number of hydrogen-bond acceptors (Lipinski definition) is 5. The second-order valence-corrected chi connectivity index (χ2v) is 7.48. The van der Waals surface area contributed by atoms with E-state index in [4.69, 9.17) is 0 Å². The molecule has 17 heavy (non-hydrogen) atoms. The molecule has 2 aliphatic heterocycles. The summed E-state index contributed by atoms with van der Waals surface area (Å²) in [5, 5.41) is 19.3. The average molecular weight is 263 g/mol. The van der Waals surface area contributed by atoms with Gasteiger partial charge in [0.25, 0.3) is 0 Å². The summed E-state index contributed by atoms with van der Waals surface area (Å²) >= 11 is 0. The van der Waals surface area contributed by atoms with Crippen molar-refractivity contribution in [3.8, 4) is 0 Å². The molecule has 2 rings (SSSR count). The third-order valence-electron chi connectivity index (χ3n) is 3.76. The first-order valence-electron chi connectivity index (χ1n) is 6.21. The van der Waals surface area contributed by atoms with E-state index < -0.39 is 15.9 Å². The maximum absolute atomic E-state index is 11.5. The predicted molar refractivity (Wildman–Crippen MR) is 64.5 cm³/mol. The molecule has 0 aliphatic carbocycles. The van der Waals surface area contributed by atoms with Crippen LogP contribution in [0.25, 0.3) is 0 Å². The number of aliphatic hydroxyl groups is 2. The monoisotopic (exact) mass is 263 g/mol. The van der Waals surface area contributed by atoms with Gasteiger partial charge in [0.2, 0.25) is 0 Å². The third-order valence-corrected chi connectivity index (χ3v) is 5.45. The maximum atomic E-state index is 11.5. The van der Waals surface area contributed by atoms with Gasteiger partial charge in [-0.05, 0) is 32.7 Å². The van der Waals surface area contributed by atoms with E-state index in [-0.39, 0.29) is 29.7 Å². The molecule has 100 valence electrons. The first kappa shape index (κ1) is 13.3. The van der Waals surface area contributed by atoms with Gasteiger partial charge < -0.3 is 10.2 Å². The van der Waals surface area contributed by atoms with Crippen molar-refractivity contribution < 1.29 is 18.6 Å². The van der Waals surface area contributed by atoms with Gasteiger partial charge in [0.15, 0.2) is 9.84 Å². The second-order valence-electron chi connectivity index (χ2n) is 5.33. The Labute approximate surface area is 102 Å². The number of hydrogen-bond donors (Lipinski definition) is 2. The van der Waals surface area contributed by atoms with Crippen LogP contribution in [0.1, 0.15) is 26.2 Å². The number of likely N-dealkylation sites (tertiary alicyclic amines) is 1. The zero-order valence-corrected chi connectivity index (χ0v) is 10.9. The molecule has 0 saturated carbocycles. The van der Waals surface area contributed by atoms with E-state index in [2.05, 4.69) is 4.90 Å². The van der Waals surface area contributed by atoms with Crippen LogP contribution < -0.4 is 0 Å². The number of rotatable bonds is 3. The lowest BCUT2D eigenvalue weighted by molar-refractivity contribution is 0.0562. The number of sulfone groups is 1. The van der Waals surface area contributed by atoms with Gasteiger partial charge in [-0.25, -0.2) is 8.42 Å². The Balaban J connectivity index is 2.06. The minimum Gasteiger partial charge on any atom is -0.393 e. The first-order chi connectivity index (χ1) is 7.89. The molecule has 0 aromatic rings. The van der Waals surface area contributed by atoms with E-state index in [1.54, 1.807) is 6.92 Å². The zero-order valence-electron chi connectivity index (χ0n) is 10.1. The van der Waals surface area contributed by atoms with Gasteiger partial charge in [-0.1, -0.05) is 0 Å². The van der Waals surface area contributed by atoms with E-state index in [0.717, 1.165) is 19.4 Å². The largest absolute Gasteiger partial charge is 0.393 e. The molecule has 2 fully saturated rings. The van der Waals surface area contributed by atoms with Crippen LogP contribution in [0.15, 0.2) is 0 Å². The Morgan fingerprint density at radius 1 is 1.41 bits per heavy atom. The lowest BCUT2D eigenvalue weighted by Crippen LogP contribution is -2.46. The lowest BCUT2D eigenvalue weighted by atomic mass is 10.1. The highest BCUT2D eigenvalue weighted by atomic mass is 32.2. The molecule has 4 unspecified atom stereocenters. The fraction of sp³-hybridized carbons (Fsp3) is 1.00. The summed E-state index contributed by atoms with van der Waals surface area (Å²) in [6.07, 6.45) is 1.50. The summed E-state index contributed by atoms with van der Waals surface area (Å²) in [5.74, 6) is -0.0555. The van der Waals surface area contributed by atoms with E-state index in [1.165, 1.54) is 0 Å². The fourth-order valence-corrected chi connectivity index (χ4v) is 4.88. The Kier molecular flexibility index (Phi) is 3.77. The molecule has 2 saturated heterocycles. The van der Waals surface area contributed by atoms with Crippen molar-refractivity contribution in [3.05, 3.63) is 0 Å². The first-order valence-corrected chi connectivity index (χ1v) is 8.03. The van der Waals surface area contributed by atoms with E-state index >= 15 is 0 Å². The van der Waals surface area contributed by atoms with Crippen LogP contribution in [-0.2, 0) is 9.84 Å². The van der Waals surface area contributed by atoms with Gasteiger partial charge >= 0.3 is 0 Å². The normalized spacial score (nSPS) is 39.6.